The monoisotopic (exact) mass is 333 g/mol. The maximum Gasteiger partial charge on any atom is 0.210 e. The number of aromatic amines is 1. The van der Waals surface area contributed by atoms with E-state index in [-0.39, 0.29) is 16.8 Å². The Labute approximate surface area is 138 Å². The molecule has 2 aromatic rings. The summed E-state index contributed by atoms with van der Waals surface area (Å²) in [4.78, 5) is 27.5. The Hall–Kier alpha value is -1.96. The van der Waals surface area contributed by atoms with Crippen molar-refractivity contribution in [1.82, 2.24) is 25.2 Å². The Bertz CT molecular complexity index is 775. The van der Waals surface area contributed by atoms with Crippen LogP contribution in [-0.4, -0.2) is 42.0 Å². The summed E-state index contributed by atoms with van der Waals surface area (Å²) in [6, 6.07) is 0.369. The van der Waals surface area contributed by atoms with Gasteiger partial charge < -0.3 is 4.98 Å². The SMILES string of the molecule is CC(=O)c1c(C)[nH]c(C(=O)C(C)Sc2nnnn2C2CC2)c1C. The summed E-state index contributed by atoms with van der Waals surface area (Å²) in [6.45, 7) is 6.96. The number of ketones is 2. The fourth-order valence-electron chi connectivity index (χ4n) is 2.75. The van der Waals surface area contributed by atoms with Crippen molar-refractivity contribution in [2.45, 2.75) is 57.0 Å². The molecule has 1 fully saturated rings. The van der Waals surface area contributed by atoms with E-state index in [1.165, 1.54) is 18.7 Å². The molecule has 23 heavy (non-hydrogen) atoms. The number of carbonyl (C=O) groups is 2. The summed E-state index contributed by atoms with van der Waals surface area (Å²) in [5.74, 6) is -0.0817. The molecule has 1 aliphatic rings. The average molecular weight is 333 g/mol. The number of aryl methyl sites for hydroxylation is 1. The number of tetrazole rings is 1. The van der Waals surface area contributed by atoms with E-state index in [0.717, 1.165) is 18.5 Å². The third kappa shape index (κ3) is 2.95. The fourth-order valence-corrected chi connectivity index (χ4v) is 3.67. The summed E-state index contributed by atoms with van der Waals surface area (Å²) in [5.41, 5.74) is 2.55. The molecule has 8 heteroatoms. The standard InChI is InChI=1S/C15H19N5O2S/c1-7-12(9(3)21)8(2)16-13(7)14(22)10(4)23-15-17-18-19-20(15)11-5-6-11/h10-11,16H,5-6H2,1-4H3. The molecular formula is C15H19N5O2S. The van der Waals surface area contributed by atoms with Gasteiger partial charge in [-0.25, -0.2) is 4.68 Å². The topological polar surface area (TPSA) is 93.5 Å². The van der Waals surface area contributed by atoms with Gasteiger partial charge in [0.1, 0.15) is 0 Å². The number of hydrogen-bond donors (Lipinski definition) is 1. The number of thioether (sulfide) groups is 1. The summed E-state index contributed by atoms with van der Waals surface area (Å²) >= 11 is 1.35. The molecule has 0 bridgehead atoms. The van der Waals surface area contributed by atoms with E-state index in [1.807, 2.05) is 13.8 Å². The van der Waals surface area contributed by atoms with Crippen LogP contribution in [0.3, 0.4) is 0 Å². The number of H-pyrrole nitrogens is 1. The van der Waals surface area contributed by atoms with Gasteiger partial charge in [0.05, 0.1) is 17.0 Å². The lowest BCUT2D eigenvalue weighted by Gasteiger charge is -2.09. The molecule has 2 aromatic heterocycles. The molecule has 1 N–H and O–H groups in total. The van der Waals surface area contributed by atoms with Gasteiger partial charge in [-0.05, 0) is 56.5 Å². The average Bonchev–Trinajstić information content (AvgIpc) is 3.15. The number of rotatable bonds is 6. The lowest BCUT2D eigenvalue weighted by molar-refractivity contribution is 0.0988. The number of Topliss-reactive ketones (excluding diaryl/α,β-unsaturated/α-hetero) is 2. The number of nitrogens with one attached hydrogen (secondary N) is 1. The lowest BCUT2D eigenvalue weighted by atomic mass is 10.0. The second-order valence-corrected chi connectivity index (χ2v) is 7.25. The highest BCUT2D eigenvalue weighted by molar-refractivity contribution is 8.00. The first-order chi connectivity index (χ1) is 10.9. The molecule has 0 aliphatic heterocycles. The minimum Gasteiger partial charge on any atom is -0.355 e. The molecular weight excluding hydrogens is 314 g/mol. The minimum atomic E-state index is -0.338. The van der Waals surface area contributed by atoms with Crippen LogP contribution < -0.4 is 0 Å². The predicted octanol–water partition coefficient (Wildman–Crippen LogP) is 2.52. The van der Waals surface area contributed by atoms with Crippen molar-refractivity contribution in [2.24, 2.45) is 0 Å². The molecule has 1 unspecified atom stereocenters. The Kier molecular flexibility index (Phi) is 4.09. The first-order valence-corrected chi connectivity index (χ1v) is 8.47. The van der Waals surface area contributed by atoms with E-state index >= 15 is 0 Å². The van der Waals surface area contributed by atoms with Crippen LogP contribution in [0.15, 0.2) is 5.16 Å². The molecule has 1 saturated carbocycles. The van der Waals surface area contributed by atoms with Gasteiger partial charge >= 0.3 is 0 Å². The number of carbonyl (C=O) groups excluding carboxylic acids is 2. The van der Waals surface area contributed by atoms with E-state index < -0.39 is 0 Å². The van der Waals surface area contributed by atoms with Gasteiger partial charge in [0.25, 0.3) is 0 Å². The van der Waals surface area contributed by atoms with E-state index in [4.69, 9.17) is 0 Å². The van der Waals surface area contributed by atoms with E-state index in [1.54, 1.807) is 11.6 Å². The molecule has 2 heterocycles. The highest BCUT2D eigenvalue weighted by atomic mass is 32.2. The van der Waals surface area contributed by atoms with Crippen LogP contribution in [0.2, 0.25) is 0 Å². The summed E-state index contributed by atoms with van der Waals surface area (Å²) < 4.78 is 1.79. The normalized spacial score (nSPS) is 15.7. The number of aromatic nitrogens is 5. The van der Waals surface area contributed by atoms with E-state index in [0.29, 0.717) is 28.0 Å². The van der Waals surface area contributed by atoms with Gasteiger partial charge in [0.15, 0.2) is 11.6 Å². The lowest BCUT2D eigenvalue weighted by Crippen LogP contribution is -2.16. The van der Waals surface area contributed by atoms with Crippen molar-refractivity contribution in [3.63, 3.8) is 0 Å². The number of nitrogens with zero attached hydrogens (tertiary/aromatic N) is 4. The molecule has 7 nitrogen and oxygen atoms in total. The van der Waals surface area contributed by atoms with Crippen LogP contribution in [0, 0.1) is 13.8 Å². The zero-order valence-electron chi connectivity index (χ0n) is 13.6. The summed E-state index contributed by atoms with van der Waals surface area (Å²) in [6.07, 6.45) is 2.16. The highest BCUT2D eigenvalue weighted by Crippen LogP contribution is 2.37. The predicted molar refractivity (Wildman–Crippen MR) is 86.0 cm³/mol. The molecule has 1 aliphatic carbocycles. The van der Waals surface area contributed by atoms with Crippen molar-refractivity contribution in [3.05, 3.63) is 22.5 Å². The maximum atomic E-state index is 12.7. The first kappa shape index (κ1) is 15.9. The molecule has 3 rings (SSSR count). The quantitative estimate of drug-likeness (QED) is 0.645. The Morgan fingerprint density at radius 3 is 2.61 bits per heavy atom. The number of hydrogen-bond acceptors (Lipinski definition) is 6. The zero-order valence-corrected chi connectivity index (χ0v) is 14.4. The van der Waals surface area contributed by atoms with E-state index in [9.17, 15) is 9.59 Å². The van der Waals surface area contributed by atoms with Crippen LogP contribution in [0.25, 0.3) is 0 Å². The summed E-state index contributed by atoms with van der Waals surface area (Å²) in [7, 11) is 0. The Balaban J connectivity index is 1.81. The van der Waals surface area contributed by atoms with Gasteiger partial charge in [-0.3, -0.25) is 9.59 Å². The second kappa shape index (κ2) is 5.92. The Morgan fingerprint density at radius 1 is 1.35 bits per heavy atom. The minimum absolute atomic E-state index is 0.0340. The largest absolute Gasteiger partial charge is 0.355 e. The van der Waals surface area contributed by atoms with Gasteiger partial charge in [-0.15, -0.1) is 5.10 Å². The van der Waals surface area contributed by atoms with Gasteiger partial charge in [0.2, 0.25) is 5.16 Å². The fraction of sp³-hybridized carbons (Fsp3) is 0.533. The highest BCUT2D eigenvalue weighted by Gasteiger charge is 2.30. The van der Waals surface area contributed by atoms with Crippen LogP contribution in [-0.2, 0) is 0 Å². The van der Waals surface area contributed by atoms with Gasteiger partial charge in [0, 0.05) is 11.3 Å². The summed E-state index contributed by atoms with van der Waals surface area (Å²) in [5, 5.41) is 12.0. The molecule has 0 radical (unpaired) electrons. The zero-order chi connectivity index (χ0) is 16.7. The maximum absolute atomic E-state index is 12.7. The van der Waals surface area contributed by atoms with Crippen LogP contribution in [0.1, 0.15) is 64.8 Å². The van der Waals surface area contributed by atoms with Crippen molar-refractivity contribution in [3.8, 4) is 0 Å². The van der Waals surface area contributed by atoms with Crippen molar-refractivity contribution in [2.75, 3.05) is 0 Å². The van der Waals surface area contributed by atoms with Crippen molar-refractivity contribution in [1.29, 1.82) is 0 Å². The van der Waals surface area contributed by atoms with Crippen LogP contribution >= 0.6 is 11.8 Å². The van der Waals surface area contributed by atoms with Gasteiger partial charge in [-0.1, -0.05) is 11.8 Å². The first-order valence-electron chi connectivity index (χ1n) is 7.59. The molecule has 1 atom stereocenters. The molecule has 0 aromatic carbocycles. The third-order valence-electron chi connectivity index (χ3n) is 4.04. The second-order valence-electron chi connectivity index (χ2n) is 5.94. The molecule has 0 spiro atoms. The molecule has 122 valence electrons. The van der Waals surface area contributed by atoms with Crippen LogP contribution in [0.5, 0.6) is 0 Å². The molecule has 0 saturated heterocycles. The smallest absolute Gasteiger partial charge is 0.210 e. The third-order valence-corrected chi connectivity index (χ3v) is 5.09. The van der Waals surface area contributed by atoms with Crippen molar-refractivity contribution >= 4 is 23.3 Å². The van der Waals surface area contributed by atoms with Crippen molar-refractivity contribution < 1.29 is 9.59 Å². The van der Waals surface area contributed by atoms with E-state index in [2.05, 4.69) is 20.5 Å². The molecule has 0 amide bonds. The van der Waals surface area contributed by atoms with Gasteiger partial charge in [-0.2, -0.15) is 0 Å². The Morgan fingerprint density at radius 2 is 2.04 bits per heavy atom. The van der Waals surface area contributed by atoms with Crippen LogP contribution in [0.4, 0.5) is 0 Å².